The van der Waals surface area contributed by atoms with Crippen molar-refractivity contribution in [2.45, 2.75) is 43.5 Å². The number of furan rings is 1. The van der Waals surface area contributed by atoms with E-state index in [0.29, 0.717) is 12.3 Å². The van der Waals surface area contributed by atoms with E-state index in [9.17, 15) is 8.42 Å². The number of hydrogen-bond donors (Lipinski definition) is 1. The van der Waals surface area contributed by atoms with Gasteiger partial charge in [-0.1, -0.05) is 0 Å². The smallest absolute Gasteiger partial charge is 0.275 e. The summed E-state index contributed by atoms with van der Waals surface area (Å²) in [5, 5.41) is 3.28. The second kappa shape index (κ2) is 6.26. The first-order valence-corrected chi connectivity index (χ1v) is 8.21. The fourth-order valence-electron chi connectivity index (χ4n) is 2.16. The number of sulfonamides is 1. The third kappa shape index (κ3) is 3.41. The van der Waals surface area contributed by atoms with E-state index in [4.69, 9.17) is 9.15 Å². The molecular formula is C13H22N2O4S. The molecule has 1 aromatic rings. The minimum atomic E-state index is -3.50. The molecular weight excluding hydrogens is 280 g/mol. The zero-order chi connectivity index (χ0) is 14.8. The summed E-state index contributed by atoms with van der Waals surface area (Å²) in [7, 11) is -0.533. The van der Waals surface area contributed by atoms with E-state index in [0.717, 1.165) is 23.8 Å². The van der Waals surface area contributed by atoms with Gasteiger partial charge in [-0.2, -0.15) is 0 Å². The molecule has 114 valence electrons. The molecule has 1 aliphatic rings. The minimum absolute atomic E-state index is 0.0240. The van der Waals surface area contributed by atoms with Crippen molar-refractivity contribution in [2.75, 3.05) is 20.7 Å². The molecule has 1 aliphatic heterocycles. The Bertz CT molecular complexity index is 532. The molecule has 20 heavy (non-hydrogen) atoms. The summed E-state index contributed by atoms with van der Waals surface area (Å²) >= 11 is 0. The second-order valence-corrected chi connectivity index (χ2v) is 7.31. The lowest BCUT2D eigenvalue weighted by atomic mass is 10.1. The molecule has 0 amide bonds. The average molecular weight is 302 g/mol. The Kier molecular flexibility index (Phi) is 4.85. The number of nitrogens with zero attached hydrogens (tertiary/aromatic N) is 1. The first-order chi connectivity index (χ1) is 9.41. The third-order valence-electron chi connectivity index (χ3n) is 3.49. The van der Waals surface area contributed by atoms with E-state index >= 15 is 0 Å². The Hall–Kier alpha value is -0.890. The van der Waals surface area contributed by atoms with Crippen LogP contribution in [0.4, 0.5) is 0 Å². The van der Waals surface area contributed by atoms with E-state index in [1.165, 1.54) is 20.2 Å². The minimum Gasteiger partial charge on any atom is -0.447 e. The summed E-state index contributed by atoms with van der Waals surface area (Å²) in [5.74, 6) is 0.607. The van der Waals surface area contributed by atoms with Crippen molar-refractivity contribution in [1.29, 1.82) is 0 Å². The molecule has 0 aliphatic carbocycles. The Morgan fingerprint density at radius 2 is 2.20 bits per heavy atom. The van der Waals surface area contributed by atoms with Crippen molar-refractivity contribution in [3.05, 3.63) is 17.9 Å². The van der Waals surface area contributed by atoms with Crippen LogP contribution in [0.25, 0.3) is 0 Å². The topological polar surface area (TPSA) is 71.8 Å². The maximum absolute atomic E-state index is 11.9. The van der Waals surface area contributed by atoms with Gasteiger partial charge in [0.05, 0.1) is 12.6 Å². The molecule has 6 nitrogen and oxygen atoms in total. The second-order valence-electron chi connectivity index (χ2n) is 5.23. The van der Waals surface area contributed by atoms with Crippen molar-refractivity contribution in [3.63, 3.8) is 0 Å². The van der Waals surface area contributed by atoms with E-state index < -0.39 is 10.0 Å². The SMILES string of the molecule is CC(NCc1ccc(S(=O)(=O)N(C)C)o1)C1CCCO1. The molecule has 1 N–H and O–H groups in total. The Morgan fingerprint density at radius 1 is 1.45 bits per heavy atom. The quantitative estimate of drug-likeness (QED) is 0.854. The van der Waals surface area contributed by atoms with Crippen LogP contribution in [0.15, 0.2) is 21.6 Å². The molecule has 2 rings (SSSR count). The van der Waals surface area contributed by atoms with Crippen LogP contribution in [0.1, 0.15) is 25.5 Å². The van der Waals surface area contributed by atoms with Crippen LogP contribution in [-0.2, 0) is 21.3 Å². The molecule has 0 saturated carbocycles. The van der Waals surface area contributed by atoms with Gasteiger partial charge in [0, 0.05) is 26.7 Å². The summed E-state index contributed by atoms with van der Waals surface area (Å²) in [6.07, 6.45) is 2.39. The summed E-state index contributed by atoms with van der Waals surface area (Å²) in [6, 6.07) is 3.39. The number of nitrogens with one attached hydrogen (secondary N) is 1. The molecule has 0 aromatic carbocycles. The van der Waals surface area contributed by atoms with Crippen molar-refractivity contribution in [3.8, 4) is 0 Å². The van der Waals surface area contributed by atoms with Gasteiger partial charge in [-0.15, -0.1) is 0 Å². The third-order valence-corrected chi connectivity index (χ3v) is 5.18. The Morgan fingerprint density at radius 3 is 2.80 bits per heavy atom. The van der Waals surface area contributed by atoms with Crippen LogP contribution < -0.4 is 5.32 Å². The van der Waals surface area contributed by atoms with E-state index in [1.807, 2.05) is 0 Å². The summed E-state index contributed by atoms with van der Waals surface area (Å²) in [5.41, 5.74) is 0. The van der Waals surface area contributed by atoms with Gasteiger partial charge in [-0.3, -0.25) is 0 Å². The molecule has 0 radical (unpaired) electrons. The molecule has 7 heteroatoms. The van der Waals surface area contributed by atoms with E-state index in [2.05, 4.69) is 12.2 Å². The predicted octanol–water partition coefficient (Wildman–Crippen LogP) is 1.19. The highest BCUT2D eigenvalue weighted by Crippen LogP contribution is 2.18. The van der Waals surface area contributed by atoms with Gasteiger partial charge < -0.3 is 14.5 Å². The van der Waals surface area contributed by atoms with Crippen molar-refractivity contribution in [1.82, 2.24) is 9.62 Å². The van der Waals surface area contributed by atoms with Crippen LogP contribution in [0.5, 0.6) is 0 Å². The maximum Gasteiger partial charge on any atom is 0.275 e. The van der Waals surface area contributed by atoms with Gasteiger partial charge in [0.25, 0.3) is 10.0 Å². The molecule has 2 unspecified atom stereocenters. The fourth-order valence-corrected chi connectivity index (χ4v) is 2.97. The summed E-state index contributed by atoms with van der Waals surface area (Å²) < 4.78 is 35.9. The molecule has 2 atom stereocenters. The zero-order valence-corrected chi connectivity index (χ0v) is 12.9. The molecule has 1 fully saturated rings. The lowest BCUT2D eigenvalue weighted by molar-refractivity contribution is 0.0824. The highest BCUT2D eigenvalue weighted by atomic mass is 32.2. The molecule has 1 aromatic heterocycles. The van der Waals surface area contributed by atoms with Gasteiger partial charge in [-0.05, 0) is 31.9 Å². The van der Waals surface area contributed by atoms with E-state index in [-0.39, 0.29) is 17.2 Å². The van der Waals surface area contributed by atoms with Crippen molar-refractivity contribution in [2.24, 2.45) is 0 Å². The number of rotatable bonds is 6. The van der Waals surface area contributed by atoms with Crippen LogP contribution in [-0.4, -0.2) is 45.6 Å². The number of hydrogen-bond acceptors (Lipinski definition) is 5. The predicted molar refractivity (Wildman–Crippen MR) is 74.9 cm³/mol. The fraction of sp³-hybridized carbons (Fsp3) is 0.692. The van der Waals surface area contributed by atoms with Crippen LogP contribution in [0.2, 0.25) is 0 Å². The van der Waals surface area contributed by atoms with Gasteiger partial charge in [0.15, 0.2) is 0 Å². The highest BCUT2D eigenvalue weighted by Gasteiger charge is 2.23. The lowest BCUT2D eigenvalue weighted by Gasteiger charge is -2.19. The first-order valence-electron chi connectivity index (χ1n) is 6.77. The average Bonchev–Trinajstić information content (AvgIpc) is 3.07. The Balaban J connectivity index is 1.93. The molecule has 2 heterocycles. The van der Waals surface area contributed by atoms with Crippen molar-refractivity contribution >= 4 is 10.0 Å². The van der Waals surface area contributed by atoms with Crippen molar-refractivity contribution < 1.29 is 17.6 Å². The van der Waals surface area contributed by atoms with Gasteiger partial charge in [0.2, 0.25) is 5.09 Å². The summed E-state index contributed by atoms with van der Waals surface area (Å²) in [6.45, 7) is 3.38. The van der Waals surface area contributed by atoms with Gasteiger partial charge >= 0.3 is 0 Å². The largest absolute Gasteiger partial charge is 0.447 e. The molecule has 1 saturated heterocycles. The zero-order valence-electron chi connectivity index (χ0n) is 12.1. The van der Waals surface area contributed by atoms with Gasteiger partial charge in [-0.25, -0.2) is 12.7 Å². The van der Waals surface area contributed by atoms with E-state index in [1.54, 1.807) is 6.07 Å². The Labute approximate surface area is 120 Å². The normalized spacial score (nSPS) is 21.5. The maximum atomic E-state index is 11.9. The van der Waals surface area contributed by atoms with Gasteiger partial charge in [0.1, 0.15) is 5.76 Å². The van der Waals surface area contributed by atoms with Crippen LogP contribution in [0, 0.1) is 0 Å². The number of ether oxygens (including phenoxy) is 1. The lowest BCUT2D eigenvalue weighted by Crippen LogP contribution is -2.36. The monoisotopic (exact) mass is 302 g/mol. The standard InChI is InChI=1S/C13H22N2O4S/c1-10(12-5-4-8-18-12)14-9-11-6-7-13(19-11)20(16,17)15(2)3/h6-7,10,12,14H,4-5,8-9H2,1-3H3. The molecule has 0 spiro atoms. The highest BCUT2D eigenvalue weighted by molar-refractivity contribution is 7.88. The van der Waals surface area contributed by atoms with Crippen LogP contribution in [0.3, 0.4) is 0 Å². The molecule has 0 bridgehead atoms. The first kappa shape index (κ1) is 15.5. The van der Waals surface area contributed by atoms with Crippen LogP contribution >= 0.6 is 0 Å². The summed E-state index contributed by atoms with van der Waals surface area (Å²) in [4.78, 5) is 0.